The van der Waals surface area contributed by atoms with Gasteiger partial charge in [0.15, 0.2) is 0 Å². The van der Waals surface area contributed by atoms with Gasteiger partial charge in [0.05, 0.1) is 0 Å². The highest BCUT2D eigenvalue weighted by Crippen LogP contribution is 2.19. The van der Waals surface area contributed by atoms with Gasteiger partial charge in [0.1, 0.15) is 30.0 Å². The fourth-order valence-electron chi connectivity index (χ4n) is 6.26. The Hall–Kier alpha value is -5.10. The molecule has 4 amide bonds. The number of ketones is 1. The van der Waals surface area contributed by atoms with Gasteiger partial charge in [0.2, 0.25) is 23.6 Å². The fourth-order valence-corrected chi connectivity index (χ4v) is 6.26. The molecule has 19 heteroatoms. The number of carbonyl (C=O) groups is 10. The van der Waals surface area contributed by atoms with E-state index in [1.807, 2.05) is 0 Å². The van der Waals surface area contributed by atoms with Gasteiger partial charge in [0.25, 0.3) is 0 Å². The first kappa shape index (κ1) is 55.9. The molecule has 0 radical (unpaired) electrons. The van der Waals surface area contributed by atoms with Crippen molar-refractivity contribution in [2.75, 3.05) is 0 Å². The average Bonchev–Trinajstić information content (AvgIpc) is 3.16. The second-order valence-corrected chi connectivity index (χ2v) is 16.5. The molecule has 0 unspecified atom stereocenters. The van der Waals surface area contributed by atoms with Crippen LogP contribution in [0.15, 0.2) is 0 Å². The Kier molecular flexibility index (Phi) is 29.1. The van der Waals surface area contributed by atoms with Crippen molar-refractivity contribution >= 4 is 59.3 Å². The molecule has 0 aliphatic carbocycles. The number of carboxylic acids is 5. The van der Waals surface area contributed by atoms with Crippen LogP contribution in [0.5, 0.6) is 0 Å². The molecule has 4 atom stereocenters. The number of amides is 4. The number of carbonyl (C=O) groups excluding carboxylic acids is 5. The maximum atomic E-state index is 12.5. The maximum Gasteiger partial charge on any atom is 0.326 e. The van der Waals surface area contributed by atoms with Gasteiger partial charge in [-0.15, -0.1) is 0 Å². The molecule has 0 aromatic carbocycles. The topological polar surface area (TPSA) is 320 Å². The van der Waals surface area contributed by atoms with Crippen LogP contribution in [0.4, 0.5) is 0 Å². The van der Waals surface area contributed by atoms with Crippen LogP contribution < -0.4 is 21.3 Å². The molecule has 348 valence electrons. The molecule has 0 aromatic rings. The van der Waals surface area contributed by atoms with Gasteiger partial charge in [-0.2, -0.15) is 0 Å². The van der Waals surface area contributed by atoms with Gasteiger partial charge in [0, 0.05) is 43.9 Å². The van der Waals surface area contributed by atoms with Crippen LogP contribution in [0.3, 0.4) is 0 Å². The first-order valence-electron chi connectivity index (χ1n) is 21.5. The molecule has 0 rings (SSSR count). The van der Waals surface area contributed by atoms with Crippen molar-refractivity contribution in [3.05, 3.63) is 0 Å². The molecular formula is C42H70N4O15. The lowest BCUT2D eigenvalue weighted by molar-refractivity contribution is -0.144. The lowest BCUT2D eigenvalue weighted by atomic mass is 9.87. The molecule has 0 aliphatic rings. The van der Waals surface area contributed by atoms with E-state index >= 15 is 0 Å². The zero-order chi connectivity index (χ0) is 46.4. The lowest BCUT2D eigenvalue weighted by Gasteiger charge is -2.20. The van der Waals surface area contributed by atoms with Gasteiger partial charge >= 0.3 is 29.8 Å². The highest BCUT2D eigenvalue weighted by molar-refractivity contribution is 5.89. The van der Waals surface area contributed by atoms with E-state index in [-0.39, 0.29) is 37.9 Å². The Morgan fingerprint density at radius 1 is 0.344 bits per heavy atom. The van der Waals surface area contributed by atoms with Crippen LogP contribution in [-0.4, -0.2) is 109 Å². The quantitative estimate of drug-likeness (QED) is 0.0393. The molecule has 61 heavy (non-hydrogen) atoms. The number of hydrogen-bond donors (Lipinski definition) is 9. The molecule has 0 heterocycles. The summed E-state index contributed by atoms with van der Waals surface area (Å²) in [6.45, 7) is 5.01. The Balaban J connectivity index is 4.55. The molecule has 0 saturated carbocycles. The third kappa shape index (κ3) is 29.7. The summed E-state index contributed by atoms with van der Waals surface area (Å²) < 4.78 is 0. The molecule has 0 fully saturated rings. The molecule has 0 bridgehead atoms. The number of Topliss-reactive ketones (excluding diaryl/α,β-unsaturated/α-hetero) is 1. The summed E-state index contributed by atoms with van der Waals surface area (Å²) in [4.78, 5) is 119. The van der Waals surface area contributed by atoms with E-state index in [9.17, 15) is 68.4 Å². The number of carboxylic acid groups (broad SMARTS) is 5. The van der Waals surface area contributed by atoms with Crippen molar-refractivity contribution < 1.29 is 73.5 Å². The first-order chi connectivity index (χ1) is 28.6. The van der Waals surface area contributed by atoms with E-state index in [1.165, 1.54) is 19.3 Å². The summed E-state index contributed by atoms with van der Waals surface area (Å²) in [5, 5.41) is 55.8. The van der Waals surface area contributed by atoms with Crippen molar-refractivity contribution in [2.45, 2.75) is 199 Å². The smallest absolute Gasteiger partial charge is 0.326 e. The summed E-state index contributed by atoms with van der Waals surface area (Å²) >= 11 is 0. The molecule has 0 aromatic heterocycles. The van der Waals surface area contributed by atoms with Crippen LogP contribution in [0.1, 0.15) is 175 Å². The lowest BCUT2D eigenvalue weighted by Crippen LogP contribution is -2.45. The van der Waals surface area contributed by atoms with Gasteiger partial charge in [-0.25, -0.2) is 19.2 Å². The largest absolute Gasteiger partial charge is 0.481 e. The molecule has 0 spiro atoms. The van der Waals surface area contributed by atoms with Crippen molar-refractivity contribution in [3.8, 4) is 0 Å². The number of hydrogen-bond acceptors (Lipinski definition) is 10. The minimum Gasteiger partial charge on any atom is -0.481 e. The van der Waals surface area contributed by atoms with Gasteiger partial charge in [-0.3, -0.25) is 28.8 Å². The van der Waals surface area contributed by atoms with Gasteiger partial charge in [-0.1, -0.05) is 97.8 Å². The predicted molar refractivity (Wildman–Crippen MR) is 221 cm³/mol. The Morgan fingerprint density at radius 2 is 0.574 bits per heavy atom. The number of nitrogens with one attached hydrogen (secondary N) is 4. The van der Waals surface area contributed by atoms with Crippen molar-refractivity contribution in [1.82, 2.24) is 21.3 Å². The molecule has 9 N–H and O–H groups in total. The van der Waals surface area contributed by atoms with Crippen LogP contribution in [0, 0.1) is 5.41 Å². The summed E-state index contributed by atoms with van der Waals surface area (Å²) in [5.41, 5.74) is -0.708. The Morgan fingerprint density at radius 3 is 0.820 bits per heavy atom. The zero-order valence-electron chi connectivity index (χ0n) is 36.1. The van der Waals surface area contributed by atoms with Crippen molar-refractivity contribution in [3.63, 3.8) is 0 Å². The minimum absolute atomic E-state index is 0.109. The second-order valence-electron chi connectivity index (χ2n) is 16.5. The fraction of sp³-hybridized carbons (Fsp3) is 0.762. The van der Waals surface area contributed by atoms with Crippen LogP contribution in [0.25, 0.3) is 0 Å². The van der Waals surface area contributed by atoms with Crippen LogP contribution in [-0.2, 0) is 47.9 Å². The SMILES string of the molecule is CC(C)(C)C(=O)CC[C@H](NC(=O)CC[C@H](NC(=O)CC[C@H](NC(=O)CC[C@H](NC(=O)CCCCCCCCCCCCCCCCC(=O)O)C(=O)O)C(=O)O)C(=O)O)C(=O)O. The molecule has 0 saturated heterocycles. The highest BCUT2D eigenvalue weighted by atomic mass is 16.4. The molecule has 0 aliphatic heterocycles. The van der Waals surface area contributed by atoms with E-state index < -0.39 is 115 Å². The van der Waals surface area contributed by atoms with E-state index in [4.69, 9.17) is 5.11 Å². The number of unbranched alkanes of at least 4 members (excludes halogenated alkanes) is 13. The summed E-state index contributed by atoms with van der Waals surface area (Å²) in [6, 6.07) is -5.98. The zero-order valence-corrected chi connectivity index (χ0v) is 36.1. The third-order valence-corrected chi connectivity index (χ3v) is 10.1. The average molecular weight is 871 g/mol. The van der Waals surface area contributed by atoms with E-state index in [0.717, 1.165) is 64.2 Å². The monoisotopic (exact) mass is 870 g/mol. The van der Waals surface area contributed by atoms with Crippen LogP contribution in [0.2, 0.25) is 0 Å². The minimum atomic E-state index is -1.59. The maximum absolute atomic E-state index is 12.5. The molecular weight excluding hydrogens is 800 g/mol. The van der Waals surface area contributed by atoms with E-state index in [0.29, 0.717) is 6.42 Å². The van der Waals surface area contributed by atoms with E-state index in [1.54, 1.807) is 20.8 Å². The van der Waals surface area contributed by atoms with Crippen LogP contribution >= 0.6 is 0 Å². The predicted octanol–water partition coefficient (Wildman–Crippen LogP) is 4.33. The number of rotatable bonds is 37. The third-order valence-electron chi connectivity index (χ3n) is 10.1. The standard InChI is InChI=1S/C42H70N4O15/c1-42(2,3)32(47)24-20-28(38(54)55)44-34(49)26-22-30(40(58)59)46-36(51)27-23-31(41(60)61)45-35(50)25-21-29(39(56)57)43-33(48)18-16-14-12-10-8-6-4-5-7-9-11-13-15-17-19-37(52)53/h28-31H,4-27H2,1-3H3,(H,43,48)(H,44,49)(H,45,50)(H,46,51)(H,52,53)(H,54,55)(H,56,57)(H,58,59)(H,60,61)/t28-,29-,30-,31-/m0/s1. The van der Waals surface area contributed by atoms with Crippen molar-refractivity contribution in [1.29, 1.82) is 0 Å². The Bertz CT molecular complexity index is 1450. The first-order valence-corrected chi connectivity index (χ1v) is 21.5. The van der Waals surface area contributed by atoms with E-state index in [2.05, 4.69) is 21.3 Å². The van der Waals surface area contributed by atoms with Crippen molar-refractivity contribution in [2.24, 2.45) is 5.41 Å². The molecule has 19 nitrogen and oxygen atoms in total. The highest BCUT2D eigenvalue weighted by Gasteiger charge is 2.28. The van der Waals surface area contributed by atoms with Gasteiger partial charge in [-0.05, 0) is 38.5 Å². The number of aliphatic carboxylic acids is 5. The normalized spacial score (nSPS) is 13.2. The summed E-state index contributed by atoms with van der Waals surface area (Å²) in [7, 11) is 0. The van der Waals surface area contributed by atoms with Gasteiger partial charge < -0.3 is 46.8 Å². The Labute approximate surface area is 357 Å². The second kappa shape index (κ2) is 31.7. The summed E-state index contributed by atoms with van der Waals surface area (Å²) in [6.07, 6.45) is 11.5. The summed E-state index contributed by atoms with van der Waals surface area (Å²) in [5.74, 6) is -9.81.